The van der Waals surface area contributed by atoms with Crippen molar-refractivity contribution in [2.45, 2.75) is 65.6 Å². The van der Waals surface area contributed by atoms with E-state index >= 15 is 0 Å². The molecule has 6 heteroatoms. The van der Waals surface area contributed by atoms with Crippen LogP contribution in [0.2, 0.25) is 5.02 Å². The van der Waals surface area contributed by atoms with Crippen LogP contribution in [0.25, 0.3) is 0 Å². The van der Waals surface area contributed by atoms with Crippen molar-refractivity contribution in [3.05, 3.63) is 64.7 Å². The van der Waals surface area contributed by atoms with Gasteiger partial charge in [0.15, 0.2) is 6.61 Å². The van der Waals surface area contributed by atoms with E-state index in [1.807, 2.05) is 50.2 Å². The SMILES string of the molecule is CC[C@H](C)NC(=O)[C@@H](C)N(Cc1cccc(Cl)c1)C(=O)COc1ccccc1C(C)C. The molecule has 0 aromatic heterocycles. The summed E-state index contributed by atoms with van der Waals surface area (Å²) in [4.78, 5) is 27.5. The molecule has 2 atom stereocenters. The number of halogens is 1. The number of rotatable bonds is 10. The molecule has 0 heterocycles. The highest BCUT2D eigenvalue weighted by Crippen LogP contribution is 2.26. The van der Waals surface area contributed by atoms with Crippen molar-refractivity contribution < 1.29 is 14.3 Å². The van der Waals surface area contributed by atoms with Crippen LogP contribution in [0, 0.1) is 0 Å². The monoisotopic (exact) mass is 444 g/mol. The van der Waals surface area contributed by atoms with E-state index in [0.717, 1.165) is 17.5 Å². The molecule has 0 fully saturated rings. The number of hydrogen-bond donors (Lipinski definition) is 1. The molecule has 0 spiro atoms. The molecule has 5 nitrogen and oxygen atoms in total. The Hall–Kier alpha value is -2.53. The number of nitrogens with one attached hydrogen (secondary N) is 1. The molecule has 2 amide bonds. The molecule has 0 aliphatic heterocycles. The van der Waals surface area contributed by atoms with E-state index in [4.69, 9.17) is 16.3 Å². The van der Waals surface area contributed by atoms with Crippen LogP contribution in [-0.2, 0) is 16.1 Å². The van der Waals surface area contributed by atoms with Crippen LogP contribution in [0.3, 0.4) is 0 Å². The minimum atomic E-state index is -0.649. The van der Waals surface area contributed by atoms with E-state index in [1.54, 1.807) is 24.0 Å². The van der Waals surface area contributed by atoms with Crippen LogP contribution in [0.4, 0.5) is 0 Å². The average molecular weight is 445 g/mol. The first-order chi connectivity index (χ1) is 14.7. The highest BCUT2D eigenvalue weighted by molar-refractivity contribution is 6.30. The van der Waals surface area contributed by atoms with Gasteiger partial charge in [-0.25, -0.2) is 0 Å². The molecular weight excluding hydrogens is 412 g/mol. The van der Waals surface area contributed by atoms with Crippen LogP contribution in [0.15, 0.2) is 48.5 Å². The summed E-state index contributed by atoms with van der Waals surface area (Å²) in [5.41, 5.74) is 1.89. The standard InChI is InChI=1S/C25H33ClN2O3/c1-6-18(4)27-25(30)19(5)28(15-20-10-9-11-21(26)14-20)24(29)16-31-23-13-8-7-12-22(23)17(2)3/h7-14,17-19H,6,15-16H2,1-5H3,(H,27,30)/t18-,19+/m0/s1. The zero-order valence-corrected chi connectivity index (χ0v) is 19.8. The lowest BCUT2D eigenvalue weighted by Crippen LogP contribution is -2.50. The van der Waals surface area contributed by atoms with Crippen molar-refractivity contribution in [2.75, 3.05) is 6.61 Å². The Morgan fingerprint density at radius 1 is 1.06 bits per heavy atom. The lowest BCUT2D eigenvalue weighted by Gasteiger charge is -2.30. The molecule has 0 aliphatic carbocycles. The summed E-state index contributed by atoms with van der Waals surface area (Å²) in [6, 6.07) is 14.4. The Morgan fingerprint density at radius 2 is 1.77 bits per heavy atom. The van der Waals surface area contributed by atoms with E-state index in [0.29, 0.717) is 10.8 Å². The molecule has 2 rings (SSSR count). The predicted molar refractivity (Wildman–Crippen MR) is 125 cm³/mol. The van der Waals surface area contributed by atoms with E-state index in [1.165, 1.54) is 0 Å². The van der Waals surface area contributed by atoms with E-state index in [-0.39, 0.29) is 36.9 Å². The zero-order valence-electron chi connectivity index (χ0n) is 19.0. The van der Waals surface area contributed by atoms with Gasteiger partial charge in [0.2, 0.25) is 5.91 Å². The molecule has 2 aromatic carbocycles. The second-order valence-corrected chi connectivity index (χ2v) is 8.56. The highest BCUT2D eigenvalue weighted by Gasteiger charge is 2.27. The van der Waals surface area contributed by atoms with Crippen LogP contribution in [-0.4, -0.2) is 35.4 Å². The second-order valence-electron chi connectivity index (χ2n) is 8.13. The Labute approximate surface area is 190 Å². The lowest BCUT2D eigenvalue weighted by atomic mass is 10.0. The van der Waals surface area contributed by atoms with E-state index < -0.39 is 6.04 Å². The first kappa shape index (κ1) is 24.7. The Balaban J connectivity index is 2.20. The quantitative estimate of drug-likeness (QED) is 0.549. The van der Waals surface area contributed by atoms with Gasteiger partial charge in [-0.3, -0.25) is 9.59 Å². The van der Waals surface area contributed by atoms with Gasteiger partial charge >= 0.3 is 0 Å². The smallest absolute Gasteiger partial charge is 0.261 e. The first-order valence-corrected chi connectivity index (χ1v) is 11.2. The van der Waals surface area contributed by atoms with Gasteiger partial charge in [0.05, 0.1) is 0 Å². The van der Waals surface area contributed by atoms with Crippen molar-refractivity contribution >= 4 is 23.4 Å². The van der Waals surface area contributed by atoms with Crippen molar-refractivity contribution in [1.82, 2.24) is 10.2 Å². The number of amides is 2. The third-order valence-electron chi connectivity index (χ3n) is 5.30. The van der Waals surface area contributed by atoms with Gasteiger partial charge < -0.3 is 15.0 Å². The maximum Gasteiger partial charge on any atom is 0.261 e. The Kier molecular flexibility index (Phi) is 9.38. The summed E-state index contributed by atoms with van der Waals surface area (Å²) in [6.45, 7) is 9.97. The van der Waals surface area contributed by atoms with Crippen molar-refractivity contribution in [2.24, 2.45) is 0 Å². The molecule has 0 radical (unpaired) electrons. The summed E-state index contributed by atoms with van der Waals surface area (Å²) in [6.07, 6.45) is 0.815. The van der Waals surface area contributed by atoms with Crippen LogP contribution < -0.4 is 10.1 Å². The van der Waals surface area contributed by atoms with Gasteiger partial charge in [0.1, 0.15) is 11.8 Å². The highest BCUT2D eigenvalue weighted by atomic mass is 35.5. The third kappa shape index (κ3) is 7.28. The molecule has 0 saturated heterocycles. The lowest BCUT2D eigenvalue weighted by molar-refractivity contribution is -0.142. The fraction of sp³-hybridized carbons (Fsp3) is 0.440. The number of carbonyl (C=O) groups is 2. The second kappa shape index (κ2) is 11.8. The summed E-state index contributed by atoms with van der Waals surface area (Å²) < 4.78 is 5.89. The van der Waals surface area contributed by atoms with Gasteiger partial charge in [-0.05, 0) is 55.5 Å². The first-order valence-electron chi connectivity index (χ1n) is 10.8. The van der Waals surface area contributed by atoms with Crippen LogP contribution in [0.1, 0.15) is 58.1 Å². The third-order valence-corrected chi connectivity index (χ3v) is 5.54. The number of para-hydroxylation sites is 1. The zero-order chi connectivity index (χ0) is 23.0. The predicted octanol–water partition coefficient (Wildman–Crippen LogP) is 5.17. The summed E-state index contributed by atoms with van der Waals surface area (Å²) in [7, 11) is 0. The fourth-order valence-corrected chi connectivity index (χ4v) is 3.40. The van der Waals surface area contributed by atoms with Crippen molar-refractivity contribution in [3.8, 4) is 5.75 Å². The molecular formula is C25H33ClN2O3. The topological polar surface area (TPSA) is 58.6 Å². The minimum absolute atomic E-state index is 0.0345. The van der Waals surface area contributed by atoms with Gasteiger partial charge in [-0.1, -0.05) is 62.7 Å². The van der Waals surface area contributed by atoms with Gasteiger partial charge in [-0.2, -0.15) is 0 Å². The molecule has 1 N–H and O–H groups in total. The molecule has 2 aromatic rings. The summed E-state index contributed by atoms with van der Waals surface area (Å²) in [5, 5.41) is 3.55. The number of ether oxygens (including phenoxy) is 1. The molecule has 0 bridgehead atoms. The Morgan fingerprint density at radius 3 is 2.42 bits per heavy atom. The average Bonchev–Trinajstić information content (AvgIpc) is 2.75. The molecule has 168 valence electrons. The number of hydrogen-bond acceptors (Lipinski definition) is 3. The minimum Gasteiger partial charge on any atom is -0.483 e. The van der Waals surface area contributed by atoms with Crippen molar-refractivity contribution in [1.29, 1.82) is 0 Å². The Bertz CT molecular complexity index is 885. The maximum absolute atomic E-state index is 13.2. The van der Waals surface area contributed by atoms with E-state index in [9.17, 15) is 9.59 Å². The molecule has 0 unspecified atom stereocenters. The van der Waals surface area contributed by atoms with E-state index in [2.05, 4.69) is 19.2 Å². The largest absolute Gasteiger partial charge is 0.483 e. The van der Waals surface area contributed by atoms with Gasteiger partial charge in [0, 0.05) is 17.6 Å². The van der Waals surface area contributed by atoms with Crippen LogP contribution >= 0.6 is 11.6 Å². The summed E-state index contributed by atoms with van der Waals surface area (Å²) in [5.74, 6) is 0.511. The van der Waals surface area contributed by atoms with Crippen molar-refractivity contribution in [3.63, 3.8) is 0 Å². The molecule has 31 heavy (non-hydrogen) atoms. The number of carbonyl (C=O) groups excluding carboxylic acids is 2. The molecule has 0 saturated carbocycles. The molecule has 0 aliphatic rings. The van der Waals surface area contributed by atoms with Gasteiger partial charge in [0.25, 0.3) is 5.91 Å². The fourth-order valence-electron chi connectivity index (χ4n) is 3.19. The van der Waals surface area contributed by atoms with Crippen LogP contribution in [0.5, 0.6) is 5.75 Å². The summed E-state index contributed by atoms with van der Waals surface area (Å²) >= 11 is 6.12. The normalized spacial score (nSPS) is 12.9. The number of nitrogens with zero attached hydrogens (tertiary/aromatic N) is 1. The van der Waals surface area contributed by atoms with Gasteiger partial charge in [-0.15, -0.1) is 0 Å². The maximum atomic E-state index is 13.2. The number of benzene rings is 2.